The fourth-order valence-electron chi connectivity index (χ4n) is 2.71. The molecule has 22 heavy (non-hydrogen) atoms. The van der Waals surface area contributed by atoms with E-state index in [2.05, 4.69) is 15.1 Å². The van der Waals surface area contributed by atoms with E-state index in [9.17, 15) is 4.39 Å². The fourth-order valence-corrected chi connectivity index (χ4v) is 2.71. The van der Waals surface area contributed by atoms with Gasteiger partial charge >= 0.3 is 0 Å². The van der Waals surface area contributed by atoms with Crippen molar-refractivity contribution >= 4 is 16.6 Å². The van der Waals surface area contributed by atoms with Crippen molar-refractivity contribution in [3.63, 3.8) is 0 Å². The van der Waals surface area contributed by atoms with Crippen LogP contribution in [0.4, 0.5) is 4.39 Å². The van der Waals surface area contributed by atoms with Crippen LogP contribution in [0, 0.1) is 19.7 Å². The molecule has 0 aliphatic carbocycles. The van der Waals surface area contributed by atoms with Gasteiger partial charge in [-0.25, -0.2) is 13.9 Å². The van der Waals surface area contributed by atoms with Crippen LogP contribution in [0.3, 0.4) is 0 Å². The van der Waals surface area contributed by atoms with Gasteiger partial charge < -0.3 is 0 Å². The van der Waals surface area contributed by atoms with Crippen molar-refractivity contribution in [1.29, 1.82) is 0 Å². The van der Waals surface area contributed by atoms with Gasteiger partial charge in [0.25, 0.3) is 0 Å². The number of rotatable bonds is 1. The number of fused-ring (bicyclic) bond motifs is 2. The monoisotopic (exact) mass is 292 g/mol. The first-order valence-electron chi connectivity index (χ1n) is 6.99. The summed E-state index contributed by atoms with van der Waals surface area (Å²) in [5, 5.41) is 5.12. The van der Waals surface area contributed by atoms with Gasteiger partial charge in [0.15, 0.2) is 5.65 Å². The van der Waals surface area contributed by atoms with E-state index in [1.54, 1.807) is 23.0 Å². The number of nitrogens with zero attached hydrogens (tertiary/aromatic N) is 4. The maximum Gasteiger partial charge on any atom is 0.162 e. The second-order valence-corrected chi connectivity index (χ2v) is 5.43. The van der Waals surface area contributed by atoms with Gasteiger partial charge in [-0.3, -0.25) is 4.98 Å². The molecule has 0 amide bonds. The molecule has 5 heteroatoms. The Bertz CT molecular complexity index is 1020. The first-order chi connectivity index (χ1) is 10.6. The molecule has 3 heterocycles. The van der Waals surface area contributed by atoms with E-state index in [1.165, 1.54) is 12.1 Å². The smallest absolute Gasteiger partial charge is 0.162 e. The lowest BCUT2D eigenvalue weighted by molar-refractivity contribution is 0.629. The van der Waals surface area contributed by atoms with Crippen molar-refractivity contribution in [2.45, 2.75) is 13.8 Å². The molecule has 0 aliphatic heterocycles. The Hall–Kier alpha value is -2.82. The zero-order chi connectivity index (χ0) is 15.3. The third-order valence-electron chi connectivity index (χ3n) is 3.67. The SMILES string of the molecule is Cc1cnc2c(-c3cc(C)nc4ccc(F)cc34)cnn2c1. The van der Waals surface area contributed by atoms with Gasteiger partial charge in [0, 0.05) is 29.0 Å². The predicted octanol–water partition coefficient (Wildman–Crippen LogP) is 3.70. The number of hydrogen-bond acceptors (Lipinski definition) is 3. The molecule has 0 saturated heterocycles. The topological polar surface area (TPSA) is 43.1 Å². The lowest BCUT2D eigenvalue weighted by Crippen LogP contribution is -1.93. The molecule has 0 fully saturated rings. The molecule has 0 unspecified atom stereocenters. The largest absolute Gasteiger partial charge is 0.253 e. The van der Waals surface area contributed by atoms with E-state index in [1.807, 2.05) is 26.1 Å². The van der Waals surface area contributed by atoms with Gasteiger partial charge in [0.2, 0.25) is 0 Å². The lowest BCUT2D eigenvalue weighted by Gasteiger charge is -2.07. The van der Waals surface area contributed by atoms with Crippen LogP contribution in [-0.4, -0.2) is 19.6 Å². The van der Waals surface area contributed by atoms with Crippen molar-refractivity contribution in [2.75, 3.05) is 0 Å². The molecule has 0 N–H and O–H groups in total. The summed E-state index contributed by atoms with van der Waals surface area (Å²) in [5.41, 5.74) is 5.20. The third kappa shape index (κ3) is 1.94. The van der Waals surface area contributed by atoms with Crippen molar-refractivity contribution in [3.8, 4) is 11.1 Å². The molecule has 0 spiro atoms. The molecule has 1 aromatic carbocycles. The van der Waals surface area contributed by atoms with E-state index in [0.717, 1.165) is 38.9 Å². The Morgan fingerprint density at radius 3 is 2.77 bits per heavy atom. The Labute approximate surface area is 126 Å². The molecule has 0 atom stereocenters. The predicted molar refractivity (Wildman–Crippen MR) is 83.2 cm³/mol. The summed E-state index contributed by atoms with van der Waals surface area (Å²) in [6, 6.07) is 6.58. The number of pyridine rings is 1. The molecular weight excluding hydrogens is 279 g/mol. The Kier molecular flexibility index (Phi) is 2.69. The third-order valence-corrected chi connectivity index (χ3v) is 3.67. The number of hydrogen-bond donors (Lipinski definition) is 0. The molecule has 4 nitrogen and oxygen atoms in total. The molecule has 0 bridgehead atoms. The van der Waals surface area contributed by atoms with E-state index in [4.69, 9.17) is 0 Å². The Morgan fingerprint density at radius 1 is 1.05 bits per heavy atom. The minimum absolute atomic E-state index is 0.278. The fraction of sp³-hybridized carbons (Fsp3) is 0.118. The van der Waals surface area contributed by atoms with Crippen LogP contribution in [0.25, 0.3) is 27.7 Å². The van der Waals surface area contributed by atoms with Crippen LogP contribution in [-0.2, 0) is 0 Å². The average Bonchev–Trinajstić information content (AvgIpc) is 2.89. The van der Waals surface area contributed by atoms with Gasteiger partial charge in [-0.2, -0.15) is 5.10 Å². The molecule has 0 radical (unpaired) electrons. The quantitative estimate of drug-likeness (QED) is 0.537. The van der Waals surface area contributed by atoms with E-state index in [-0.39, 0.29) is 5.82 Å². The van der Waals surface area contributed by atoms with E-state index >= 15 is 0 Å². The van der Waals surface area contributed by atoms with Crippen LogP contribution in [0.1, 0.15) is 11.3 Å². The van der Waals surface area contributed by atoms with Crippen LogP contribution >= 0.6 is 0 Å². The highest BCUT2D eigenvalue weighted by Gasteiger charge is 2.13. The van der Waals surface area contributed by atoms with Crippen LogP contribution in [0.15, 0.2) is 42.9 Å². The summed E-state index contributed by atoms with van der Waals surface area (Å²) in [5.74, 6) is -0.278. The number of benzene rings is 1. The highest BCUT2D eigenvalue weighted by atomic mass is 19.1. The molecular formula is C17H13FN4. The number of aryl methyl sites for hydroxylation is 2. The summed E-state index contributed by atoms with van der Waals surface area (Å²) in [7, 11) is 0. The first-order valence-corrected chi connectivity index (χ1v) is 6.99. The summed E-state index contributed by atoms with van der Waals surface area (Å²) in [6.45, 7) is 3.89. The minimum atomic E-state index is -0.278. The van der Waals surface area contributed by atoms with Crippen molar-refractivity contribution < 1.29 is 4.39 Å². The maximum absolute atomic E-state index is 13.7. The molecule has 4 aromatic rings. The molecule has 0 saturated carbocycles. The zero-order valence-electron chi connectivity index (χ0n) is 12.2. The second-order valence-electron chi connectivity index (χ2n) is 5.43. The highest BCUT2D eigenvalue weighted by Crippen LogP contribution is 2.31. The minimum Gasteiger partial charge on any atom is -0.253 e. The van der Waals surface area contributed by atoms with E-state index in [0.29, 0.717) is 0 Å². The Balaban J connectivity index is 2.09. The summed E-state index contributed by atoms with van der Waals surface area (Å²) < 4.78 is 15.4. The normalized spacial score (nSPS) is 11.4. The Morgan fingerprint density at radius 2 is 1.91 bits per heavy atom. The molecule has 108 valence electrons. The van der Waals surface area contributed by atoms with Crippen LogP contribution in [0.5, 0.6) is 0 Å². The van der Waals surface area contributed by atoms with Crippen molar-refractivity contribution in [1.82, 2.24) is 19.6 Å². The first kappa shape index (κ1) is 12.9. The average molecular weight is 292 g/mol. The second kappa shape index (κ2) is 4.59. The van der Waals surface area contributed by atoms with Gasteiger partial charge in [-0.05, 0) is 49.2 Å². The molecule has 0 aliphatic rings. The summed E-state index contributed by atoms with van der Waals surface area (Å²) >= 11 is 0. The highest BCUT2D eigenvalue weighted by molar-refractivity contribution is 5.98. The molecule has 4 rings (SSSR count). The van der Waals surface area contributed by atoms with Gasteiger partial charge in [-0.15, -0.1) is 0 Å². The van der Waals surface area contributed by atoms with Gasteiger partial charge in [0.05, 0.1) is 11.7 Å². The van der Waals surface area contributed by atoms with Crippen molar-refractivity contribution in [3.05, 3.63) is 59.9 Å². The number of halogens is 1. The molecule has 3 aromatic heterocycles. The number of aromatic nitrogens is 4. The van der Waals surface area contributed by atoms with Crippen molar-refractivity contribution in [2.24, 2.45) is 0 Å². The van der Waals surface area contributed by atoms with Crippen LogP contribution < -0.4 is 0 Å². The summed E-state index contributed by atoms with van der Waals surface area (Å²) in [4.78, 5) is 8.93. The maximum atomic E-state index is 13.7. The van der Waals surface area contributed by atoms with E-state index < -0.39 is 0 Å². The van der Waals surface area contributed by atoms with Gasteiger partial charge in [0.1, 0.15) is 5.82 Å². The summed E-state index contributed by atoms with van der Waals surface area (Å²) in [6.07, 6.45) is 5.49. The van der Waals surface area contributed by atoms with Gasteiger partial charge in [-0.1, -0.05) is 0 Å². The lowest BCUT2D eigenvalue weighted by atomic mass is 10.0. The van der Waals surface area contributed by atoms with Crippen LogP contribution in [0.2, 0.25) is 0 Å². The zero-order valence-corrected chi connectivity index (χ0v) is 12.2. The standard InChI is InChI=1S/C17H13FN4/c1-10-7-19-17-15(8-20-22(17)9-10)13-5-11(2)21-16-4-3-12(18)6-14(13)16/h3-9H,1-2H3.